The average molecular weight is 327 g/mol. The lowest BCUT2D eigenvalue weighted by atomic mass is 10.2. The molecule has 19 heavy (non-hydrogen) atoms. The quantitative estimate of drug-likeness (QED) is 0.883. The summed E-state index contributed by atoms with van der Waals surface area (Å²) in [4.78, 5) is 0. The van der Waals surface area contributed by atoms with Gasteiger partial charge in [0.05, 0.1) is 17.3 Å². The number of halogens is 4. The molecule has 0 heterocycles. The van der Waals surface area contributed by atoms with Crippen molar-refractivity contribution in [1.29, 1.82) is 5.26 Å². The van der Waals surface area contributed by atoms with Gasteiger partial charge in [0.15, 0.2) is 11.6 Å². The van der Waals surface area contributed by atoms with Gasteiger partial charge in [0, 0.05) is 4.47 Å². The van der Waals surface area contributed by atoms with Crippen molar-refractivity contribution in [3.05, 3.63) is 57.8 Å². The molecular weight excluding hydrogens is 321 g/mol. The third-order valence-corrected chi connectivity index (χ3v) is 3.04. The standard InChI is InChI=1S/C13H6BrF3N2/c14-8-2-1-3-9(15)12(8)19-13-10(16)4-7(6-18)5-11(13)17/h1-5,19H. The fourth-order valence-corrected chi connectivity index (χ4v) is 1.94. The van der Waals surface area contributed by atoms with Crippen LogP contribution < -0.4 is 5.32 Å². The lowest BCUT2D eigenvalue weighted by Gasteiger charge is -2.11. The Morgan fingerprint density at radius 3 is 2.16 bits per heavy atom. The van der Waals surface area contributed by atoms with Gasteiger partial charge in [0.25, 0.3) is 0 Å². The van der Waals surface area contributed by atoms with E-state index in [-0.39, 0.29) is 11.3 Å². The van der Waals surface area contributed by atoms with Gasteiger partial charge in [0.1, 0.15) is 11.5 Å². The number of para-hydroxylation sites is 1. The molecule has 0 aliphatic carbocycles. The van der Waals surface area contributed by atoms with Crippen LogP contribution in [0.5, 0.6) is 0 Å². The van der Waals surface area contributed by atoms with Gasteiger partial charge in [-0.05, 0) is 40.2 Å². The second-order valence-electron chi connectivity index (χ2n) is 3.65. The first-order chi connectivity index (χ1) is 9.02. The fraction of sp³-hybridized carbons (Fsp3) is 0. The van der Waals surface area contributed by atoms with Crippen LogP contribution in [0, 0.1) is 28.8 Å². The normalized spacial score (nSPS) is 10.1. The predicted octanol–water partition coefficient (Wildman–Crippen LogP) is 4.48. The zero-order chi connectivity index (χ0) is 14.0. The minimum absolute atomic E-state index is 0.0787. The number of nitrogens with one attached hydrogen (secondary N) is 1. The number of rotatable bonds is 2. The molecule has 96 valence electrons. The van der Waals surface area contributed by atoms with E-state index in [4.69, 9.17) is 5.26 Å². The molecule has 0 unspecified atom stereocenters. The summed E-state index contributed by atoms with van der Waals surface area (Å²) >= 11 is 3.08. The Morgan fingerprint density at radius 2 is 1.63 bits per heavy atom. The van der Waals surface area contributed by atoms with E-state index in [1.165, 1.54) is 12.1 Å². The number of anilines is 2. The molecule has 0 fully saturated rings. The molecular formula is C13H6BrF3N2. The summed E-state index contributed by atoms with van der Waals surface area (Å²) in [6.45, 7) is 0. The molecule has 0 saturated carbocycles. The molecule has 2 rings (SSSR count). The highest BCUT2D eigenvalue weighted by molar-refractivity contribution is 9.10. The van der Waals surface area contributed by atoms with Crippen LogP contribution in [-0.2, 0) is 0 Å². The summed E-state index contributed by atoms with van der Waals surface area (Å²) < 4.78 is 41.2. The van der Waals surface area contributed by atoms with Gasteiger partial charge in [-0.1, -0.05) is 6.07 Å². The Labute approximate surface area is 115 Å². The van der Waals surface area contributed by atoms with Gasteiger partial charge in [-0.3, -0.25) is 0 Å². The van der Waals surface area contributed by atoms with Crippen molar-refractivity contribution < 1.29 is 13.2 Å². The maximum Gasteiger partial charge on any atom is 0.150 e. The Kier molecular flexibility index (Phi) is 3.76. The molecule has 0 saturated heterocycles. The summed E-state index contributed by atoms with van der Waals surface area (Å²) in [5, 5.41) is 10.9. The lowest BCUT2D eigenvalue weighted by molar-refractivity contribution is 0.588. The largest absolute Gasteiger partial charge is 0.347 e. The Bertz CT molecular complexity index is 637. The second kappa shape index (κ2) is 5.33. The molecule has 0 atom stereocenters. The monoisotopic (exact) mass is 326 g/mol. The smallest absolute Gasteiger partial charge is 0.150 e. The van der Waals surface area contributed by atoms with Crippen molar-refractivity contribution in [2.75, 3.05) is 5.32 Å². The number of benzene rings is 2. The summed E-state index contributed by atoms with van der Waals surface area (Å²) in [6.07, 6.45) is 0. The highest BCUT2D eigenvalue weighted by atomic mass is 79.9. The van der Waals surface area contributed by atoms with Gasteiger partial charge < -0.3 is 5.32 Å². The van der Waals surface area contributed by atoms with E-state index in [9.17, 15) is 13.2 Å². The summed E-state index contributed by atoms with van der Waals surface area (Å²) in [7, 11) is 0. The molecule has 0 bridgehead atoms. The number of hydrogen-bond acceptors (Lipinski definition) is 2. The van der Waals surface area contributed by atoms with Gasteiger partial charge in [-0.2, -0.15) is 5.26 Å². The lowest BCUT2D eigenvalue weighted by Crippen LogP contribution is -2.01. The first kappa shape index (κ1) is 13.4. The van der Waals surface area contributed by atoms with E-state index < -0.39 is 23.1 Å². The van der Waals surface area contributed by atoms with Crippen LogP contribution in [0.1, 0.15) is 5.56 Å². The maximum absolute atomic E-state index is 13.7. The summed E-state index contributed by atoms with van der Waals surface area (Å²) in [5.74, 6) is -2.59. The molecule has 0 radical (unpaired) electrons. The first-order valence-electron chi connectivity index (χ1n) is 5.13. The molecule has 1 N–H and O–H groups in total. The topological polar surface area (TPSA) is 35.8 Å². The Morgan fingerprint density at radius 1 is 1.00 bits per heavy atom. The molecule has 0 aliphatic rings. The molecule has 2 aromatic carbocycles. The third kappa shape index (κ3) is 2.71. The van der Waals surface area contributed by atoms with Gasteiger partial charge >= 0.3 is 0 Å². The third-order valence-electron chi connectivity index (χ3n) is 2.38. The molecule has 0 aromatic heterocycles. The van der Waals surface area contributed by atoms with Crippen LogP contribution in [0.2, 0.25) is 0 Å². The van der Waals surface area contributed by atoms with Crippen molar-refractivity contribution in [3.63, 3.8) is 0 Å². The van der Waals surface area contributed by atoms with Crippen LogP contribution in [-0.4, -0.2) is 0 Å². The van der Waals surface area contributed by atoms with Crippen LogP contribution in [0.15, 0.2) is 34.8 Å². The maximum atomic E-state index is 13.7. The van der Waals surface area contributed by atoms with Crippen LogP contribution in [0.25, 0.3) is 0 Å². The van der Waals surface area contributed by atoms with Crippen molar-refractivity contribution >= 4 is 27.3 Å². The molecule has 6 heteroatoms. The number of nitrogens with zero attached hydrogens (tertiary/aromatic N) is 1. The van der Waals surface area contributed by atoms with Crippen LogP contribution in [0.3, 0.4) is 0 Å². The Hall–Kier alpha value is -2.00. The fourth-order valence-electron chi connectivity index (χ4n) is 1.50. The molecule has 0 aliphatic heterocycles. The second-order valence-corrected chi connectivity index (χ2v) is 4.50. The van der Waals surface area contributed by atoms with E-state index in [2.05, 4.69) is 21.2 Å². The predicted molar refractivity (Wildman–Crippen MR) is 68.5 cm³/mol. The first-order valence-corrected chi connectivity index (χ1v) is 5.92. The van der Waals surface area contributed by atoms with Crippen LogP contribution >= 0.6 is 15.9 Å². The zero-order valence-electron chi connectivity index (χ0n) is 9.35. The minimum Gasteiger partial charge on any atom is -0.347 e. The highest BCUT2D eigenvalue weighted by Gasteiger charge is 2.14. The van der Waals surface area contributed by atoms with Gasteiger partial charge in [-0.25, -0.2) is 13.2 Å². The van der Waals surface area contributed by atoms with Crippen molar-refractivity contribution in [2.24, 2.45) is 0 Å². The van der Waals surface area contributed by atoms with E-state index in [0.29, 0.717) is 4.47 Å². The van der Waals surface area contributed by atoms with Crippen molar-refractivity contribution in [3.8, 4) is 6.07 Å². The van der Waals surface area contributed by atoms with E-state index in [0.717, 1.165) is 18.2 Å². The SMILES string of the molecule is N#Cc1cc(F)c(Nc2c(F)cccc2Br)c(F)c1. The molecule has 2 nitrogen and oxygen atoms in total. The minimum atomic E-state index is -0.966. The van der Waals surface area contributed by atoms with Crippen molar-refractivity contribution in [2.45, 2.75) is 0 Å². The molecule has 0 amide bonds. The van der Waals surface area contributed by atoms with Crippen molar-refractivity contribution in [1.82, 2.24) is 0 Å². The highest BCUT2D eigenvalue weighted by Crippen LogP contribution is 2.31. The number of nitriles is 1. The van der Waals surface area contributed by atoms with E-state index in [1.807, 2.05) is 0 Å². The summed E-state index contributed by atoms with van der Waals surface area (Å²) in [5.41, 5.74) is -0.733. The average Bonchev–Trinajstić information content (AvgIpc) is 2.36. The number of hydrogen-bond donors (Lipinski definition) is 1. The molecule has 2 aromatic rings. The van der Waals surface area contributed by atoms with Crippen LogP contribution in [0.4, 0.5) is 24.5 Å². The van der Waals surface area contributed by atoms with Gasteiger partial charge in [0.2, 0.25) is 0 Å². The zero-order valence-corrected chi connectivity index (χ0v) is 10.9. The van der Waals surface area contributed by atoms with Gasteiger partial charge in [-0.15, -0.1) is 0 Å². The van der Waals surface area contributed by atoms with E-state index in [1.54, 1.807) is 6.07 Å². The Balaban J connectivity index is 2.48. The van der Waals surface area contributed by atoms with E-state index >= 15 is 0 Å². The summed E-state index contributed by atoms with van der Waals surface area (Å²) in [6, 6.07) is 7.53. The molecule has 0 spiro atoms.